The highest BCUT2D eigenvalue weighted by Gasteiger charge is 2.19. The molecule has 0 spiro atoms. The van der Waals surface area contributed by atoms with Gasteiger partial charge in [0.2, 0.25) is 6.79 Å². The second-order valence-electron chi connectivity index (χ2n) is 5.43. The second-order valence-corrected chi connectivity index (χ2v) is 5.43. The average Bonchev–Trinajstić information content (AvgIpc) is 2.89. The molecule has 0 bridgehead atoms. The molecule has 1 unspecified atom stereocenters. The standard InChI is InChI=1S/C17H18N2O2/c1-2-4-14-12(3-1)10-18-8-7-15(14)19-13-5-6-16-17(9-13)21-11-20-16/h1-6,9,15,18-19H,7-8,10-11H2. The van der Waals surface area contributed by atoms with E-state index in [1.807, 2.05) is 12.1 Å². The Kier molecular flexibility index (Phi) is 3.16. The van der Waals surface area contributed by atoms with Crippen LogP contribution in [0.3, 0.4) is 0 Å². The highest BCUT2D eigenvalue weighted by molar-refractivity contribution is 5.56. The first kappa shape index (κ1) is 12.5. The highest BCUT2D eigenvalue weighted by atomic mass is 16.7. The van der Waals surface area contributed by atoms with Crippen LogP contribution in [0.5, 0.6) is 11.5 Å². The third kappa shape index (κ3) is 2.43. The predicted octanol–water partition coefficient (Wildman–Crippen LogP) is 3.06. The van der Waals surface area contributed by atoms with Crippen molar-refractivity contribution in [3.63, 3.8) is 0 Å². The Morgan fingerprint density at radius 1 is 1.05 bits per heavy atom. The molecular weight excluding hydrogens is 264 g/mol. The molecule has 2 aliphatic heterocycles. The molecule has 0 fully saturated rings. The minimum atomic E-state index is 0.314. The summed E-state index contributed by atoms with van der Waals surface area (Å²) in [7, 11) is 0. The normalized spacial score (nSPS) is 19.7. The lowest BCUT2D eigenvalue weighted by molar-refractivity contribution is 0.174. The van der Waals surface area contributed by atoms with Gasteiger partial charge in [0, 0.05) is 18.3 Å². The fourth-order valence-corrected chi connectivity index (χ4v) is 3.00. The molecule has 4 heteroatoms. The first-order chi connectivity index (χ1) is 10.4. The summed E-state index contributed by atoms with van der Waals surface area (Å²) < 4.78 is 10.8. The minimum absolute atomic E-state index is 0.314. The van der Waals surface area contributed by atoms with Crippen LogP contribution in [-0.2, 0) is 6.54 Å². The van der Waals surface area contributed by atoms with Gasteiger partial charge in [-0.1, -0.05) is 24.3 Å². The van der Waals surface area contributed by atoms with Gasteiger partial charge in [0.05, 0.1) is 6.04 Å². The zero-order chi connectivity index (χ0) is 14.1. The molecule has 1 atom stereocenters. The van der Waals surface area contributed by atoms with Gasteiger partial charge in [-0.3, -0.25) is 0 Å². The summed E-state index contributed by atoms with van der Waals surface area (Å²) >= 11 is 0. The Labute approximate surface area is 124 Å². The van der Waals surface area contributed by atoms with E-state index in [1.54, 1.807) is 0 Å². The number of benzene rings is 2. The lowest BCUT2D eigenvalue weighted by atomic mass is 9.99. The van der Waals surface area contributed by atoms with E-state index in [2.05, 4.69) is 41.0 Å². The van der Waals surface area contributed by atoms with E-state index in [0.717, 1.165) is 36.7 Å². The monoisotopic (exact) mass is 282 g/mol. The number of hydrogen-bond donors (Lipinski definition) is 2. The molecule has 0 saturated heterocycles. The topological polar surface area (TPSA) is 42.5 Å². The van der Waals surface area contributed by atoms with Crippen LogP contribution in [0.15, 0.2) is 42.5 Å². The number of hydrogen-bond acceptors (Lipinski definition) is 4. The maximum Gasteiger partial charge on any atom is 0.231 e. The Balaban J connectivity index is 1.62. The molecule has 4 nitrogen and oxygen atoms in total. The van der Waals surface area contributed by atoms with Gasteiger partial charge >= 0.3 is 0 Å². The molecule has 0 aliphatic carbocycles. The quantitative estimate of drug-likeness (QED) is 0.888. The summed E-state index contributed by atoms with van der Waals surface area (Å²) in [6.45, 7) is 2.27. The molecular formula is C17H18N2O2. The summed E-state index contributed by atoms with van der Waals surface area (Å²) in [5.41, 5.74) is 3.81. The molecule has 2 aliphatic rings. The third-order valence-electron chi connectivity index (χ3n) is 4.07. The van der Waals surface area contributed by atoms with Gasteiger partial charge in [0.1, 0.15) is 0 Å². The summed E-state index contributed by atoms with van der Waals surface area (Å²) in [6.07, 6.45) is 1.06. The Hall–Kier alpha value is -2.20. The average molecular weight is 282 g/mol. The predicted molar refractivity (Wildman–Crippen MR) is 81.7 cm³/mol. The number of nitrogens with one attached hydrogen (secondary N) is 2. The van der Waals surface area contributed by atoms with Crippen molar-refractivity contribution in [3.8, 4) is 11.5 Å². The molecule has 2 aromatic carbocycles. The first-order valence-electron chi connectivity index (χ1n) is 7.35. The number of rotatable bonds is 2. The summed E-state index contributed by atoms with van der Waals surface area (Å²) in [6, 6.07) is 15.0. The van der Waals surface area contributed by atoms with E-state index in [4.69, 9.17) is 9.47 Å². The van der Waals surface area contributed by atoms with Gasteiger partial charge in [-0.2, -0.15) is 0 Å². The van der Waals surface area contributed by atoms with Crippen LogP contribution in [0.2, 0.25) is 0 Å². The fraction of sp³-hybridized carbons (Fsp3) is 0.294. The fourth-order valence-electron chi connectivity index (χ4n) is 3.00. The summed E-state index contributed by atoms with van der Waals surface area (Å²) in [5, 5.41) is 7.11. The van der Waals surface area contributed by atoms with E-state index in [0.29, 0.717) is 12.8 Å². The van der Waals surface area contributed by atoms with Crippen LogP contribution >= 0.6 is 0 Å². The van der Waals surface area contributed by atoms with Gasteiger partial charge in [0.25, 0.3) is 0 Å². The van der Waals surface area contributed by atoms with Gasteiger partial charge in [0.15, 0.2) is 11.5 Å². The van der Waals surface area contributed by atoms with Crippen LogP contribution in [0.1, 0.15) is 23.6 Å². The van der Waals surface area contributed by atoms with Crippen LogP contribution in [-0.4, -0.2) is 13.3 Å². The number of fused-ring (bicyclic) bond motifs is 2. The lowest BCUT2D eigenvalue weighted by Gasteiger charge is -2.20. The minimum Gasteiger partial charge on any atom is -0.454 e. The maximum atomic E-state index is 5.45. The molecule has 0 aromatic heterocycles. The van der Waals surface area contributed by atoms with Crippen molar-refractivity contribution in [1.82, 2.24) is 5.32 Å². The van der Waals surface area contributed by atoms with Gasteiger partial charge in [-0.15, -0.1) is 0 Å². The van der Waals surface area contributed by atoms with Crippen molar-refractivity contribution in [2.45, 2.75) is 19.0 Å². The molecule has 2 heterocycles. The van der Waals surface area contributed by atoms with Crippen molar-refractivity contribution < 1.29 is 9.47 Å². The second kappa shape index (κ2) is 5.30. The molecule has 0 saturated carbocycles. The lowest BCUT2D eigenvalue weighted by Crippen LogP contribution is -2.15. The van der Waals surface area contributed by atoms with E-state index < -0.39 is 0 Å². The van der Waals surface area contributed by atoms with Crippen molar-refractivity contribution in [3.05, 3.63) is 53.6 Å². The van der Waals surface area contributed by atoms with Gasteiger partial charge in [-0.05, 0) is 36.2 Å². The Bertz CT molecular complexity index is 657. The largest absolute Gasteiger partial charge is 0.454 e. The third-order valence-corrected chi connectivity index (χ3v) is 4.07. The molecule has 108 valence electrons. The van der Waals surface area contributed by atoms with E-state index in [9.17, 15) is 0 Å². The van der Waals surface area contributed by atoms with Crippen molar-refractivity contribution in [2.75, 3.05) is 18.7 Å². The zero-order valence-electron chi connectivity index (χ0n) is 11.8. The number of ether oxygens (including phenoxy) is 2. The van der Waals surface area contributed by atoms with E-state index in [1.165, 1.54) is 11.1 Å². The van der Waals surface area contributed by atoms with Crippen LogP contribution < -0.4 is 20.1 Å². The molecule has 2 N–H and O–H groups in total. The SMILES string of the molecule is c1ccc2c(c1)CNCCC2Nc1ccc2c(c1)OCO2. The summed E-state index contributed by atoms with van der Waals surface area (Å²) in [4.78, 5) is 0. The zero-order valence-corrected chi connectivity index (χ0v) is 11.8. The van der Waals surface area contributed by atoms with Crippen LogP contribution in [0.25, 0.3) is 0 Å². The van der Waals surface area contributed by atoms with Gasteiger partial charge < -0.3 is 20.1 Å². The van der Waals surface area contributed by atoms with Crippen molar-refractivity contribution >= 4 is 5.69 Å². The number of anilines is 1. The molecule has 4 rings (SSSR count). The van der Waals surface area contributed by atoms with Gasteiger partial charge in [-0.25, -0.2) is 0 Å². The first-order valence-corrected chi connectivity index (χ1v) is 7.35. The van der Waals surface area contributed by atoms with E-state index >= 15 is 0 Å². The maximum absolute atomic E-state index is 5.45. The highest BCUT2D eigenvalue weighted by Crippen LogP contribution is 2.36. The molecule has 2 aromatic rings. The Morgan fingerprint density at radius 2 is 1.95 bits per heavy atom. The summed E-state index contributed by atoms with van der Waals surface area (Å²) in [5.74, 6) is 1.64. The molecule has 0 amide bonds. The van der Waals surface area contributed by atoms with Crippen LogP contribution in [0, 0.1) is 0 Å². The van der Waals surface area contributed by atoms with Crippen molar-refractivity contribution in [1.29, 1.82) is 0 Å². The van der Waals surface area contributed by atoms with Crippen LogP contribution in [0.4, 0.5) is 5.69 Å². The molecule has 21 heavy (non-hydrogen) atoms. The smallest absolute Gasteiger partial charge is 0.231 e. The van der Waals surface area contributed by atoms with E-state index in [-0.39, 0.29) is 0 Å². The van der Waals surface area contributed by atoms with Crippen molar-refractivity contribution in [2.24, 2.45) is 0 Å². The molecule has 0 radical (unpaired) electrons. The Morgan fingerprint density at radius 3 is 2.95 bits per heavy atom.